The van der Waals surface area contributed by atoms with Crippen LogP contribution in [0, 0.1) is 11.8 Å². The van der Waals surface area contributed by atoms with E-state index in [0.717, 1.165) is 35.1 Å². The predicted octanol–water partition coefficient (Wildman–Crippen LogP) is 6.77. The lowest BCUT2D eigenvalue weighted by molar-refractivity contribution is -0.138. The number of piperidine rings is 2. The van der Waals surface area contributed by atoms with Crippen LogP contribution in [0.15, 0.2) is 95.2 Å². The van der Waals surface area contributed by atoms with Gasteiger partial charge in [-0.05, 0) is 105 Å². The first-order valence-electron chi connectivity index (χ1n) is 24.8. The van der Waals surface area contributed by atoms with Crippen molar-refractivity contribution in [2.24, 2.45) is 11.8 Å². The number of carboxylic acids is 1. The Morgan fingerprint density at radius 2 is 1.13 bits per heavy atom. The molecule has 0 unspecified atom stereocenters. The molecule has 0 bridgehead atoms. The Labute approximate surface area is 520 Å². The van der Waals surface area contributed by atoms with E-state index in [1.165, 1.54) is 56.2 Å². The van der Waals surface area contributed by atoms with Gasteiger partial charge in [0.2, 0.25) is 17.7 Å². The summed E-state index contributed by atoms with van der Waals surface area (Å²) in [6.07, 6.45) is 16.2. The van der Waals surface area contributed by atoms with Gasteiger partial charge < -0.3 is 35.4 Å². The van der Waals surface area contributed by atoms with Gasteiger partial charge in [0.05, 0.1) is 56.1 Å². The molecule has 2 aliphatic carbocycles. The number of methoxy groups -OCH3 is 2. The number of ether oxygens (including phenoxy) is 2. The van der Waals surface area contributed by atoms with Gasteiger partial charge >= 0.3 is 18.0 Å². The molecule has 0 spiro atoms. The lowest BCUT2D eigenvalue weighted by Gasteiger charge is -2.26. The SMILES string of the molecule is C.COc1ncc(-c2ccc3c(c2)c(C(C)=O)nn3CC(=O)N2[C@@H]3C[C@@H]3C[C@H]2C(=O)Nc2cncc(Br)n2)cn1.COc1ncc(-c2ccc3c(c2)c(C(C)=O)nn3CC(=O)O)cn1.Cl.O=C(Nc1cncc(Br)n1)[C@@H]1C[C@H]2C[C@H]2N1.S.S=S. The smallest absolute Gasteiger partial charge is 0.325 e. The number of aliphatic carboxylic acids is 1. The van der Waals surface area contributed by atoms with Crippen molar-refractivity contribution >= 4 is 149 Å². The van der Waals surface area contributed by atoms with Crippen LogP contribution in [0.2, 0.25) is 0 Å². The highest BCUT2D eigenvalue weighted by molar-refractivity contribution is 9.10. The van der Waals surface area contributed by atoms with E-state index in [2.05, 4.69) is 120 Å². The standard InChI is InChI=1S/C26H23BrN8O4.C16H14N4O4.C10H11BrN4O.CH4.ClH.S2.H2S/c1-13(36)24-17-5-14(16-8-29-26(39-2)30-9-16)3-4-18(17)34(33-24)12-23(37)35-19-6-15(19)7-20(35)25(38)32-22-11-28-10-21(27)31-22;1-9(21)15-12-5-10(11-6-17-16(24-2)18-7-11)3-4-13(12)20(19-15)8-14(22)23;11-8-3-12-4-9(14-8)15-10(16)7-2-5-1-6(5)13-7;;;1-2;/h3-5,8-11,15,19-20H,6-7,12H2,1-2H3,(H,31,32,38);3-7H,8H2,1-2H3,(H,22,23);3-7,13H,1-2H2,(H,14,15,16);1H4;1H;;1H2/t15-,19-,20+;;5-,6-,7+;;;;/m1.1..../s1. The Bertz CT molecular complexity index is 3730. The average molecular weight is 1350 g/mol. The molecule has 440 valence electrons. The summed E-state index contributed by atoms with van der Waals surface area (Å²) in [6.45, 7) is 2.43. The van der Waals surface area contributed by atoms with Gasteiger partial charge in [-0.3, -0.25) is 48.1 Å². The monoisotopic (exact) mass is 1350 g/mol. The minimum absolute atomic E-state index is 0. The minimum Gasteiger partial charge on any atom is -0.480 e. The number of carbonyl (C=O) groups excluding carboxylic acids is 5. The van der Waals surface area contributed by atoms with E-state index in [0.29, 0.717) is 66.9 Å². The topological polar surface area (TPSA) is 319 Å². The molecule has 6 atom stereocenters. The second-order valence-corrected chi connectivity index (χ2v) is 20.6. The van der Waals surface area contributed by atoms with Gasteiger partial charge in [-0.25, -0.2) is 29.9 Å². The predicted molar refractivity (Wildman–Crippen MR) is 329 cm³/mol. The molecule has 2 aromatic carbocycles. The van der Waals surface area contributed by atoms with Gasteiger partial charge in [-0.15, -0.1) is 12.4 Å². The highest BCUT2D eigenvalue weighted by Crippen LogP contribution is 2.48. The molecule has 4 fully saturated rings. The normalized spacial score (nSPS) is 18.1. The molecule has 8 aromatic rings. The summed E-state index contributed by atoms with van der Waals surface area (Å²) < 4.78 is 13.9. The maximum Gasteiger partial charge on any atom is 0.325 e. The van der Waals surface area contributed by atoms with E-state index in [1.807, 2.05) is 18.2 Å². The maximum absolute atomic E-state index is 13.6. The van der Waals surface area contributed by atoms with Crippen molar-refractivity contribution in [2.75, 3.05) is 24.9 Å². The van der Waals surface area contributed by atoms with Crippen molar-refractivity contribution in [3.8, 4) is 34.3 Å². The van der Waals surface area contributed by atoms with Crippen LogP contribution in [0.4, 0.5) is 11.6 Å². The van der Waals surface area contributed by atoms with Gasteiger partial charge in [-0.2, -0.15) is 23.7 Å². The number of nitrogens with one attached hydrogen (secondary N) is 3. The quantitative estimate of drug-likeness (QED) is 0.0816. The minimum atomic E-state index is -1.03. The molecule has 12 rings (SSSR count). The zero-order valence-electron chi connectivity index (χ0n) is 44.3. The number of carboxylic acid groups (broad SMARTS) is 1. The van der Waals surface area contributed by atoms with Crippen LogP contribution in [-0.4, -0.2) is 143 Å². The van der Waals surface area contributed by atoms with Crippen LogP contribution in [-0.2, 0) is 54.6 Å². The number of amides is 3. The molecular weight excluding hydrogens is 1300 g/mol. The number of Topliss-reactive ketones (excluding diaryl/α,β-unsaturated/α-hetero) is 2. The van der Waals surface area contributed by atoms with Crippen LogP contribution in [0.25, 0.3) is 44.1 Å². The van der Waals surface area contributed by atoms with Crippen LogP contribution >= 0.6 is 57.8 Å². The first-order chi connectivity index (χ1) is 39.0. The van der Waals surface area contributed by atoms with Crippen LogP contribution in [0.5, 0.6) is 12.0 Å². The fourth-order valence-electron chi connectivity index (χ4n) is 9.76. The van der Waals surface area contributed by atoms with Gasteiger partial charge in [0.15, 0.2) is 23.2 Å². The van der Waals surface area contributed by atoms with E-state index in [9.17, 15) is 28.8 Å². The molecule has 25 nitrogen and oxygen atoms in total. The number of hydrogen-bond acceptors (Lipinski definition) is 21. The lowest BCUT2D eigenvalue weighted by atomic mass is 10.0. The first-order valence-corrected chi connectivity index (χ1v) is 27.7. The first kappa shape index (κ1) is 65.7. The van der Waals surface area contributed by atoms with Gasteiger partial charge in [0.1, 0.15) is 39.7 Å². The van der Waals surface area contributed by atoms with Crippen molar-refractivity contribution in [1.29, 1.82) is 0 Å². The van der Waals surface area contributed by atoms with Crippen molar-refractivity contribution in [3.63, 3.8) is 0 Å². The fourth-order valence-corrected chi connectivity index (χ4v) is 10.4. The van der Waals surface area contributed by atoms with E-state index in [1.54, 1.807) is 60.3 Å². The molecule has 2 saturated heterocycles. The summed E-state index contributed by atoms with van der Waals surface area (Å²) >= 11 is 13.8. The largest absolute Gasteiger partial charge is 0.480 e. The maximum atomic E-state index is 13.6. The highest BCUT2D eigenvalue weighted by atomic mass is 79.9. The van der Waals surface area contributed by atoms with Crippen LogP contribution in [0.3, 0.4) is 0 Å². The van der Waals surface area contributed by atoms with Gasteiger partial charge in [0.25, 0.3) is 0 Å². The second kappa shape index (κ2) is 28.9. The number of ketones is 2. The average Bonchev–Trinajstić information content (AvgIpc) is 1.96. The number of anilines is 2. The fraction of sp³-hybridized carbons (Fsp3) is 0.321. The summed E-state index contributed by atoms with van der Waals surface area (Å²) in [5, 5.41) is 27.6. The third-order valence-corrected chi connectivity index (χ3v) is 14.4. The van der Waals surface area contributed by atoms with Crippen molar-refractivity contribution in [2.45, 2.75) is 84.2 Å². The summed E-state index contributed by atoms with van der Waals surface area (Å²) in [5.41, 5.74) is 4.82. The zero-order valence-corrected chi connectivity index (χ0v) is 50.9. The van der Waals surface area contributed by atoms with Crippen molar-refractivity contribution in [3.05, 3.63) is 107 Å². The zero-order chi connectivity index (χ0) is 57.6. The Morgan fingerprint density at radius 1 is 0.655 bits per heavy atom. The number of carbonyl (C=O) groups is 6. The Hall–Kier alpha value is -7.48. The van der Waals surface area contributed by atoms with Gasteiger partial charge in [-0.1, -0.05) is 19.6 Å². The molecule has 0 radical (unpaired) electrons. The Morgan fingerprint density at radius 3 is 1.56 bits per heavy atom. The van der Waals surface area contributed by atoms with E-state index >= 15 is 0 Å². The highest BCUT2D eigenvalue weighted by Gasteiger charge is 2.56. The lowest BCUT2D eigenvalue weighted by Crippen LogP contribution is -2.46. The number of halogens is 3. The molecular formula is C53H55Br2ClN16O9S3. The molecule has 3 amide bonds. The second-order valence-electron chi connectivity index (χ2n) is 19.0. The number of hydrogen-bond donors (Lipinski definition) is 4. The molecule has 2 aliphatic heterocycles. The molecule has 84 heavy (non-hydrogen) atoms. The third-order valence-electron chi connectivity index (χ3n) is 13.6. The molecule has 4 aliphatic rings. The van der Waals surface area contributed by atoms with Crippen LogP contribution < -0.4 is 25.4 Å². The number of likely N-dealkylation sites (tertiary alicyclic amines) is 1. The number of benzene rings is 2. The van der Waals surface area contributed by atoms with Gasteiger partial charge in [0, 0.05) is 95.0 Å². The molecule has 4 N–H and O–H groups in total. The van der Waals surface area contributed by atoms with Crippen molar-refractivity contribution in [1.82, 2.24) is 69.6 Å². The van der Waals surface area contributed by atoms with E-state index in [-0.39, 0.29) is 111 Å². The number of aromatic nitrogens is 12. The Kier molecular flexibility index (Phi) is 22.6. The molecule has 31 heteroatoms. The molecule has 8 heterocycles. The molecule has 2 saturated carbocycles. The molecule has 6 aromatic heterocycles. The van der Waals surface area contributed by atoms with E-state index < -0.39 is 12.0 Å². The van der Waals surface area contributed by atoms with E-state index in [4.69, 9.17) is 14.6 Å². The number of rotatable bonds is 14. The summed E-state index contributed by atoms with van der Waals surface area (Å²) in [5.74, 6) is -0.207. The Balaban J connectivity index is 0.000000215. The third kappa shape index (κ3) is 15.3. The summed E-state index contributed by atoms with van der Waals surface area (Å²) in [6, 6.07) is 11.3. The summed E-state index contributed by atoms with van der Waals surface area (Å²) in [4.78, 5) is 108. The van der Waals surface area contributed by atoms with Crippen LogP contribution in [0.1, 0.15) is 67.9 Å². The number of fused-ring (bicyclic) bond motifs is 4. The number of nitrogens with zero attached hydrogens (tertiary/aromatic N) is 13. The van der Waals surface area contributed by atoms with Crippen molar-refractivity contribution < 1.29 is 43.3 Å². The summed E-state index contributed by atoms with van der Waals surface area (Å²) in [7, 11) is 2.98.